The molecule has 0 fully saturated rings. The average Bonchev–Trinajstić information content (AvgIpc) is 2.88. The zero-order valence-electron chi connectivity index (χ0n) is 20.1. The number of amides is 1. The molecular weight excluding hydrogens is 492 g/mol. The fourth-order valence-corrected chi connectivity index (χ4v) is 5.54. The first-order valence-corrected chi connectivity index (χ1v) is 13.3. The van der Waals surface area contributed by atoms with Crippen LogP contribution >= 0.6 is 11.6 Å². The maximum absolute atomic E-state index is 13.7. The third kappa shape index (κ3) is 5.78. The van der Waals surface area contributed by atoms with Gasteiger partial charge in [0.1, 0.15) is 6.54 Å². The molecule has 7 heteroatoms. The number of sulfonamides is 1. The van der Waals surface area contributed by atoms with Crippen LogP contribution in [0.25, 0.3) is 0 Å². The SMILES string of the molecule is Cc1ccc(S(=O)(=O)N(CC(=O)NC(c2ccccc2)c2ccccc2C)c2ccc(Cl)cc2)cc1. The zero-order chi connectivity index (χ0) is 25.7. The van der Waals surface area contributed by atoms with Gasteiger partial charge in [0.25, 0.3) is 10.0 Å². The molecule has 36 heavy (non-hydrogen) atoms. The van der Waals surface area contributed by atoms with Gasteiger partial charge in [-0.3, -0.25) is 9.10 Å². The number of halogens is 1. The van der Waals surface area contributed by atoms with Crippen LogP contribution in [0.2, 0.25) is 5.02 Å². The van der Waals surface area contributed by atoms with E-state index >= 15 is 0 Å². The molecule has 1 N–H and O–H groups in total. The summed E-state index contributed by atoms with van der Waals surface area (Å²) in [4.78, 5) is 13.6. The molecule has 1 atom stereocenters. The smallest absolute Gasteiger partial charge is 0.264 e. The van der Waals surface area contributed by atoms with Crippen LogP contribution in [0.5, 0.6) is 0 Å². The first-order chi connectivity index (χ1) is 17.3. The van der Waals surface area contributed by atoms with Crippen LogP contribution in [0.15, 0.2) is 108 Å². The van der Waals surface area contributed by atoms with Crippen LogP contribution < -0.4 is 9.62 Å². The highest BCUT2D eigenvalue weighted by atomic mass is 35.5. The summed E-state index contributed by atoms with van der Waals surface area (Å²) < 4.78 is 28.4. The summed E-state index contributed by atoms with van der Waals surface area (Å²) in [5.41, 5.74) is 4.15. The first-order valence-electron chi connectivity index (χ1n) is 11.5. The van der Waals surface area contributed by atoms with Crippen LogP contribution in [-0.2, 0) is 14.8 Å². The molecule has 184 valence electrons. The van der Waals surface area contributed by atoms with Crippen LogP contribution in [-0.4, -0.2) is 20.9 Å². The fourth-order valence-electron chi connectivity index (χ4n) is 3.99. The Morgan fingerprint density at radius 2 is 1.44 bits per heavy atom. The van der Waals surface area contributed by atoms with Crippen molar-refractivity contribution in [3.05, 3.63) is 130 Å². The lowest BCUT2D eigenvalue weighted by Gasteiger charge is -2.27. The largest absolute Gasteiger partial charge is 0.344 e. The molecule has 4 rings (SSSR count). The van der Waals surface area contributed by atoms with Gasteiger partial charge in [-0.1, -0.05) is 83.9 Å². The van der Waals surface area contributed by atoms with Gasteiger partial charge in [-0.2, -0.15) is 0 Å². The summed E-state index contributed by atoms with van der Waals surface area (Å²) in [5, 5.41) is 3.54. The van der Waals surface area contributed by atoms with Gasteiger partial charge < -0.3 is 5.32 Å². The number of anilines is 1. The Morgan fingerprint density at radius 3 is 2.08 bits per heavy atom. The molecule has 4 aromatic rings. The van der Waals surface area contributed by atoms with Crippen molar-refractivity contribution in [3.63, 3.8) is 0 Å². The highest BCUT2D eigenvalue weighted by Crippen LogP contribution is 2.27. The van der Waals surface area contributed by atoms with E-state index in [4.69, 9.17) is 11.6 Å². The van der Waals surface area contributed by atoms with Gasteiger partial charge >= 0.3 is 0 Å². The summed E-state index contributed by atoms with van der Waals surface area (Å²) >= 11 is 6.04. The molecular formula is C29H27ClN2O3S. The lowest BCUT2D eigenvalue weighted by atomic mass is 9.95. The monoisotopic (exact) mass is 518 g/mol. The number of benzene rings is 4. The molecule has 0 radical (unpaired) electrons. The van der Waals surface area contributed by atoms with Gasteiger partial charge in [0.05, 0.1) is 16.6 Å². The summed E-state index contributed by atoms with van der Waals surface area (Å²) in [7, 11) is -4.02. The number of rotatable bonds is 8. The normalized spacial score (nSPS) is 12.1. The van der Waals surface area contributed by atoms with E-state index in [1.807, 2.05) is 68.4 Å². The molecule has 0 aliphatic rings. The van der Waals surface area contributed by atoms with Crippen molar-refractivity contribution in [3.8, 4) is 0 Å². The Morgan fingerprint density at radius 1 is 0.833 bits per heavy atom. The highest BCUT2D eigenvalue weighted by Gasteiger charge is 2.28. The highest BCUT2D eigenvalue weighted by molar-refractivity contribution is 7.92. The molecule has 5 nitrogen and oxygen atoms in total. The van der Waals surface area contributed by atoms with Gasteiger partial charge in [0, 0.05) is 5.02 Å². The van der Waals surface area contributed by atoms with Crippen LogP contribution in [0.1, 0.15) is 28.3 Å². The van der Waals surface area contributed by atoms with Crippen molar-refractivity contribution in [1.82, 2.24) is 5.32 Å². The van der Waals surface area contributed by atoms with E-state index in [-0.39, 0.29) is 4.90 Å². The van der Waals surface area contributed by atoms with Gasteiger partial charge in [-0.25, -0.2) is 8.42 Å². The zero-order valence-corrected chi connectivity index (χ0v) is 21.6. The minimum Gasteiger partial charge on any atom is -0.344 e. The van der Waals surface area contributed by atoms with Gasteiger partial charge in [-0.15, -0.1) is 0 Å². The number of nitrogens with one attached hydrogen (secondary N) is 1. The van der Waals surface area contributed by atoms with E-state index in [1.54, 1.807) is 48.5 Å². The third-order valence-electron chi connectivity index (χ3n) is 5.95. The second-order valence-electron chi connectivity index (χ2n) is 8.57. The molecule has 4 aromatic carbocycles. The molecule has 0 heterocycles. The number of hydrogen-bond acceptors (Lipinski definition) is 3. The predicted octanol–water partition coefficient (Wildman–Crippen LogP) is 6.06. The second kappa shape index (κ2) is 11.0. The van der Waals surface area contributed by atoms with Crippen molar-refractivity contribution in [1.29, 1.82) is 0 Å². The van der Waals surface area contributed by atoms with E-state index in [9.17, 15) is 13.2 Å². The number of hydrogen-bond donors (Lipinski definition) is 1. The Kier molecular flexibility index (Phi) is 7.77. The standard InChI is InChI=1S/C29H27ClN2O3S/c1-21-12-18-26(19-13-21)36(34,35)32(25-16-14-24(30)15-17-25)20-28(33)31-29(23-9-4-3-5-10-23)27-11-7-6-8-22(27)2/h3-19,29H,20H2,1-2H3,(H,31,33). The number of aryl methyl sites for hydroxylation is 2. The van der Waals surface area contributed by atoms with Crippen molar-refractivity contribution >= 4 is 33.2 Å². The summed E-state index contributed by atoms with van der Waals surface area (Å²) in [6.07, 6.45) is 0. The number of nitrogens with zero attached hydrogens (tertiary/aromatic N) is 1. The minimum atomic E-state index is -4.02. The molecule has 0 aromatic heterocycles. The van der Waals surface area contributed by atoms with Crippen molar-refractivity contribution < 1.29 is 13.2 Å². The van der Waals surface area contributed by atoms with Crippen LogP contribution in [0, 0.1) is 13.8 Å². The maximum Gasteiger partial charge on any atom is 0.264 e. The first kappa shape index (κ1) is 25.5. The quantitative estimate of drug-likeness (QED) is 0.308. The number of carbonyl (C=O) groups is 1. The fraction of sp³-hybridized carbons (Fsp3) is 0.138. The van der Waals surface area contributed by atoms with Gasteiger partial charge in [0.2, 0.25) is 5.91 Å². The minimum absolute atomic E-state index is 0.106. The Hall–Kier alpha value is -3.61. The lowest BCUT2D eigenvalue weighted by molar-refractivity contribution is -0.120. The Labute approximate surface area is 217 Å². The van der Waals surface area contributed by atoms with Crippen molar-refractivity contribution in [2.45, 2.75) is 24.8 Å². The van der Waals surface area contributed by atoms with Crippen LogP contribution in [0.3, 0.4) is 0 Å². The summed E-state index contributed by atoms with van der Waals surface area (Å²) in [5.74, 6) is -0.433. The molecule has 1 unspecified atom stereocenters. The second-order valence-corrected chi connectivity index (χ2v) is 10.9. The molecule has 0 aliphatic heterocycles. The lowest BCUT2D eigenvalue weighted by Crippen LogP contribution is -2.42. The molecule has 0 aliphatic carbocycles. The molecule has 0 spiro atoms. The predicted molar refractivity (Wildman–Crippen MR) is 145 cm³/mol. The van der Waals surface area contributed by atoms with E-state index in [2.05, 4.69) is 5.32 Å². The molecule has 1 amide bonds. The van der Waals surface area contributed by atoms with E-state index < -0.39 is 28.5 Å². The maximum atomic E-state index is 13.7. The van der Waals surface area contributed by atoms with Crippen molar-refractivity contribution in [2.24, 2.45) is 0 Å². The molecule has 0 saturated carbocycles. The molecule has 0 saturated heterocycles. The van der Waals surface area contributed by atoms with Gasteiger partial charge in [0.15, 0.2) is 0 Å². The average molecular weight is 519 g/mol. The van der Waals surface area contributed by atoms with Crippen LogP contribution in [0.4, 0.5) is 5.69 Å². The topological polar surface area (TPSA) is 66.5 Å². The third-order valence-corrected chi connectivity index (χ3v) is 7.99. The summed E-state index contributed by atoms with van der Waals surface area (Å²) in [6, 6.07) is 30.0. The van der Waals surface area contributed by atoms with E-state index in [0.717, 1.165) is 26.6 Å². The van der Waals surface area contributed by atoms with Gasteiger partial charge in [-0.05, 0) is 66.9 Å². The van der Waals surface area contributed by atoms with E-state index in [1.165, 1.54) is 0 Å². The van der Waals surface area contributed by atoms with Crippen molar-refractivity contribution in [2.75, 3.05) is 10.8 Å². The van der Waals surface area contributed by atoms with E-state index in [0.29, 0.717) is 10.7 Å². The number of carbonyl (C=O) groups excluding carboxylic acids is 1. The Bertz CT molecular complexity index is 1440. The summed E-state index contributed by atoms with van der Waals surface area (Å²) in [6.45, 7) is 3.47. The molecule has 0 bridgehead atoms. The Balaban J connectivity index is 1.69.